The maximum absolute atomic E-state index is 12.0. The highest BCUT2D eigenvalue weighted by Crippen LogP contribution is 2.67. The van der Waals surface area contributed by atoms with Crippen LogP contribution in [0, 0.1) is 46.3 Å². The van der Waals surface area contributed by atoms with E-state index in [9.17, 15) is 9.90 Å². The molecule has 3 saturated carbocycles. The van der Waals surface area contributed by atoms with E-state index in [1.165, 1.54) is 57.4 Å². The maximum atomic E-state index is 12.0. The molecule has 0 aromatic carbocycles. The first-order chi connectivity index (χ1) is 15.1. The van der Waals surface area contributed by atoms with Gasteiger partial charge in [-0.15, -0.1) is 0 Å². The number of carbonyl (C=O) groups is 1. The summed E-state index contributed by atoms with van der Waals surface area (Å²) in [6, 6.07) is 0. The average Bonchev–Trinajstić information content (AvgIpc) is 3.05. The standard InChI is InChI=1S/C29H48O3/c1-18(2)8-7-9-19(3)24-12-13-25-23-11-10-21-16-22(31)17-27(32-20(4)30)29(21,6)26(23)14-15-28(24,25)5/h10,18-19,22-27,31H,7-9,11-17H2,1-6H3/t19-,22+,23+,24-,25+,26+,27?,28-,29+/m1/s1. The largest absolute Gasteiger partial charge is 0.462 e. The number of aliphatic hydroxyl groups is 1. The van der Waals surface area contributed by atoms with Gasteiger partial charge in [0.1, 0.15) is 6.10 Å². The minimum atomic E-state index is -0.383. The van der Waals surface area contributed by atoms with Crippen molar-refractivity contribution in [2.75, 3.05) is 0 Å². The van der Waals surface area contributed by atoms with Crippen LogP contribution in [-0.4, -0.2) is 23.3 Å². The summed E-state index contributed by atoms with van der Waals surface area (Å²) in [4.78, 5) is 12.0. The second kappa shape index (κ2) is 9.08. The number of aliphatic hydroxyl groups excluding tert-OH is 1. The molecule has 0 saturated heterocycles. The zero-order chi connectivity index (χ0) is 23.3. The summed E-state index contributed by atoms with van der Waals surface area (Å²) in [5.41, 5.74) is 1.73. The van der Waals surface area contributed by atoms with Crippen molar-refractivity contribution in [1.29, 1.82) is 0 Å². The summed E-state index contributed by atoms with van der Waals surface area (Å²) in [5, 5.41) is 10.5. The fraction of sp³-hybridized carbons (Fsp3) is 0.897. The summed E-state index contributed by atoms with van der Waals surface area (Å²) in [7, 11) is 0. The first kappa shape index (κ1) is 24.3. The third-order valence-electron chi connectivity index (χ3n) is 10.7. The number of ether oxygens (including phenoxy) is 1. The van der Waals surface area contributed by atoms with Gasteiger partial charge in [-0.3, -0.25) is 4.79 Å². The molecule has 0 aromatic heterocycles. The van der Waals surface area contributed by atoms with E-state index in [1.54, 1.807) is 0 Å². The van der Waals surface area contributed by atoms with Crippen LogP contribution in [0.15, 0.2) is 11.6 Å². The molecule has 3 fully saturated rings. The smallest absolute Gasteiger partial charge is 0.302 e. The Kier molecular flexibility index (Phi) is 6.90. The van der Waals surface area contributed by atoms with Crippen LogP contribution in [0.4, 0.5) is 0 Å². The molecule has 32 heavy (non-hydrogen) atoms. The van der Waals surface area contributed by atoms with Crippen LogP contribution >= 0.6 is 0 Å². The molecule has 3 nitrogen and oxygen atoms in total. The second-order valence-corrected chi connectivity index (χ2v) is 12.8. The van der Waals surface area contributed by atoms with Crippen molar-refractivity contribution in [1.82, 2.24) is 0 Å². The summed E-state index contributed by atoms with van der Waals surface area (Å²) >= 11 is 0. The maximum Gasteiger partial charge on any atom is 0.302 e. The molecule has 0 amide bonds. The quantitative estimate of drug-likeness (QED) is 0.357. The van der Waals surface area contributed by atoms with Gasteiger partial charge in [0.05, 0.1) is 6.10 Å². The van der Waals surface area contributed by atoms with E-state index in [1.807, 2.05) is 0 Å². The van der Waals surface area contributed by atoms with E-state index >= 15 is 0 Å². The van der Waals surface area contributed by atoms with Gasteiger partial charge in [-0.2, -0.15) is 0 Å². The number of carbonyl (C=O) groups excluding carboxylic acids is 1. The monoisotopic (exact) mass is 444 g/mol. The number of rotatable bonds is 6. The Hall–Kier alpha value is -0.830. The van der Waals surface area contributed by atoms with Crippen molar-refractivity contribution in [3.63, 3.8) is 0 Å². The third-order valence-corrected chi connectivity index (χ3v) is 10.7. The van der Waals surface area contributed by atoms with Gasteiger partial charge in [0.25, 0.3) is 0 Å². The van der Waals surface area contributed by atoms with Crippen molar-refractivity contribution in [2.24, 2.45) is 46.3 Å². The van der Waals surface area contributed by atoms with Crippen LogP contribution in [0.5, 0.6) is 0 Å². The van der Waals surface area contributed by atoms with Crippen LogP contribution in [0.1, 0.15) is 106 Å². The zero-order valence-corrected chi connectivity index (χ0v) is 21.5. The van der Waals surface area contributed by atoms with Gasteiger partial charge in [-0.1, -0.05) is 65.5 Å². The molecule has 0 heterocycles. The van der Waals surface area contributed by atoms with Crippen LogP contribution in [0.2, 0.25) is 0 Å². The molecule has 9 atom stereocenters. The molecule has 0 spiro atoms. The Labute approximate surface area is 196 Å². The van der Waals surface area contributed by atoms with Crippen molar-refractivity contribution < 1.29 is 14.6 Å². The Morgan fingerprint density at radius 2 is 1.91 bits per heavy atom. The number of allylic oxidation sites excluding steroid dienone is 1. The lowest BCUT2D eigenvalue weighted by atomic mass is 9.46. The van der Waals surface area contributed by atoms with Crippen molar-refractivity contribution in [3.8, 4) is 0 Å². The van der Waals surface area contributed by atoms with E-state index in [0.717, 1.165) is 36.5 Å². The van der Waals surface area contributed by atoms with Gasteiger partial charge in [0.15, 0.2) is 0 Å². The normalized spacial score (nSPS) is 44.3. The zero-order valence-electron chi connectivity index (χ0n) is 21.5. The van der Waals surface area contributed by atoms with Crippen LogP contribution in [-0.2, 0) is 9.53 Å². The predicted molar refractivity (Wildman–Crippen MR) is 130 cm³/mol. The molecular formula is C29H48O3. The summed E-state index contributed by atoms with van der Waals surface area (Å²) in [5.74, 6) is 4.35. The van der Waals surface area contributed by atoms with E-state index in [-0.39, 0.29) is 23.6 Å². The molecule has 182 valence electrons. The molecule has 0 radical (unpaired) electrons. The molecular weight excluding hydrogens is 396 g/mol. The van der Waals surface area contributed by atoms with E-state index < -0.39 is 0 Å². The van der Waals surface area contributed by atoms with Gasteiger partial charge in [-0.05, 0) is 79.4 Å². The first-order valence-corrected chi connectivity index (χ1v) is 13.6. The SMILES string of the molecule is CC(=O)OC1C[C@@H](O)CC2=CC[C@H]3[C@@H]4CC[C@H]([C@H](C)CCCC(C)C)[C@@]4(C)CC[C@@H]3[C@]21C. The Morgan fingerprint density at radius 3 is 2.59 bits per heavy atom. The van der Waals surface area contributed by atoms with Gasteiger partial charge < -0.3 is 9.84 Å². The summed E-state index contributed by atoms with van der Waals surface area (Å²) in [6.45, 7) is 13.7. The van der Waals surface area contributed by atoms with Crippen molar-refractivity contribution in [3.05, 3.63) is 11.6 Å². The van der Waals surface area contributed by atoms with E-state index in [2.05, 4.69) is 40.7 Å². The van der Waals surface area contributed by atoms with Crippen LogP contribution in [0.25, 0.3) is 0 Å². The Morgan fingerprint density at radius 1 is 1.16 bits per heavy atom. The molecule has 4 aliphatic rings. The van der Waals surface area contributed by atoms with Crippen LogP contribution < -0.4 is 0 Å². The molecule has 4 rings (SSSR count). The second-order valence-electron chi connectivity index (χ2n) is 12.8. The molecule has 3 heteroatoms. The fourth-order valence-electron chi connectivity index (χ4n) is 9.07. The molecule has 0 bridgehead atoms. The molecule has 1 N–H and O–H groups in total. The minimum Gasteiger partial charge on any atom is -0.462 e. The molecule has 0 aromatic rings. The van der Waals surface area contributed by atoms with Gasteiger partial charge in [0.2, 0.25) is 0 Å². The highest BCUT2D eigenvalue weighted by Gasteiger charge is 2.61. The van der Waals surface area contributed by atoms with E-state index in [0.29, 0.717) is 23.7 Å². The summed E-state index contributed by atoms with van der Waals surface area (Å²) in [6.07, 6.45) is 13.8. The van der Waals surface area contributed by atoms with Gasteiger partial charge >= 0.3 is 5.97 Å². The number of esters is 1. The fourth-order valence-corrected chi connectivity index (χ4v) is 9.07. The minimum absolute atomic E-state index is 0.101. The van der Waals surface area contributed by atoms with Gasteiger partial charge in [0, 0.05) is 18.8 Å². The molecule has 0 aliphatic heterocycles. The highest BCUT2D eigenvalue weighted by molar-refractivity contribution is 5.66. The van der Waals surface area contributed by atoms with Crippen molar-refractivity contribution >= 4 is 5.97 Å². The number of hydrogen-bond acceptors (Lipinski definition) is 3. The van der Waals surface area contributed by atoms with Crippen molar-refractivity contribution in [2.45, 2.75) is 118 Å². The Bertz CT molecular complexity index is 726. The van der Waals surface area contributed by atoms with Crippen LogP contribution in [0.3, 0.4) is 0 Å². The first-order valence-electron chi connectivity index (χ1n) is 13.6. The average molecular weight is 445 g/mol. The Balaban J connectivity index is 1.55. The number of hydrogen-bond donors (Lipinski definition) is 1. The number of fused-ring (bicyclic) bond motifs is 5. The third kappa shape index (κ3) is 4.10. The lowest BCUT2D eigenvalue weighted by Gasteiger charge is -2.60. The molecule has 1 unspecified atom stereocenters. The van der Waals surface area contributed by atoms with Gasteiger partial charge in [-0.25, -0.2) is 0 Å². The summed E-state index contributed by atoms with van der Waals surface area (Å²) < 4.78 is 5.90. The highest BCUT2D eigenvalue weighted by atomic mass is 16.5. The topological polar surface area (TPSA) is 46.5 Å². The lowest BCUT2D eigenvalue weighted by molar-refractivity contribution is -0.166. The van der Waals surface area contributed by atoms with E-state index in [4.69, 9.17) is 4.74 Å². The lowest BCUT2D eigenvalue weighted by Crippen LogP contribution is -2.56. The molecule has 4 aliphatic carbocycles. The predicted octanol–water partition coefficient (Wildman–Crippen LogP) is 6.93.